The van der Waals surface area contributed by atoms with Gasteiger partial charge in [-0.25, -0.2) is 0 Å². The van der Waals surface area contributed by atoms with E-state index in [0.717, 1.165) is 16.9 Å². The summed E-state index contributed by atoms with van der Waals surface area (Å²) in [5.74, 6) is 1.40. The summed E-state index contributed by atoms with van der Waals surface area (Å²) in [5.41, 5.74) is 1.85. The van der Waals surface area contributed by atoms with Crippen molar-refractivity contribution in [3.63, 3.8) is 0 Å². The number of para-hydroxylation sites is 1. The van der Waals surface area contributed by atoms with Crippen LogP contribution in [0.1, 0.15) is 44.4 Å². The molecule has 0 fully saturated rings. The molecule has 132 valence electrons. The summed E-state index contributed by atoms with van der Waals surface area (Å²) in [6.45, 7) is 7.89. The summed E-state index contributed by atoms with van der Waals surface area (Å²) in [7, 11) is 0. The molecule has 0 unspecified atom stereocenters. The highest BCUT2D eigenvalue weighted by molar-refractivity contribution is 5.81. The van der Waals surface area contributed by atoms with Crippen molar-refractivity contribution in [1.82, 2.24) is 5.32 Å². The summed E-state index contributed by atoms with van der Waals surface area (Å²) in [6, 6.07) is 15.4. The third-order valence-corrected chi connectivity index (χ3v) is 4.36. The molecule has 0 saturated heterocycles. The SMILES string of the molecule is Cc1ccc2c(c1)[C@H](NC(=O)[C@@H](C)Oc1ccccc1)CC(C)(C)O2. The molecule has 2 aromatic carbocycles. The molecule has 1 aliphatic heterocycles. The van der Waals surface area contributed by atoms with Crippen LogP contribution < -0.4 is 14.8 Å². The molecule has 2 aromatic rings. The lowest BCUT2D eigenvalue weighted by atomic mass is 9.89. The lowest BCUT2D eigenvalue weighted by molar-refractivity contribution is -0.128. The fourth-order valence-electron chi connectivity index (χ4n) is 3.15. The number of benzene rings is 2. The van der Waals surface area contributed by atoms with E-state index in [1.54, 1.807) is 6.92 Å². The van der Waals surface area contributed by atoms with Gasteiger partial charge in [-0.3, -0.25) is 4.79 Å². The van der Waals surface area contributed by atoms with Crippen molar-refractivity contribution in [2.45, 2.75) is 51.9 Å². The first-order valence-electron chi connectivity index (χ1n) is 8.66. The molecule has 0 bridgehead atoms. The molecule has 25 heavy (non-hydrogen) atoms. The van der Waals surface area contributed by atoms with Gasteiger partial charge < -0.3 is 14.8 Å². The molecule has 0 aliphatic carbocycles. The van der Waals surface area contributed by atoms with E-state index in [4.69, 9.17) is 9.47 Å². The molecule has 1 N–H and O–H groups in total. The summed E-state index contributed by atoms with van der Waals surface area (Å²) < 4.78 is 11.8. The second-order valence-electron chi connectivity index (χ2n) is 7.24. The zero-order chi connectivity index (χ0) is 18.0. The largest absolute Gasteiger partial charge is 0.487 e. The first-order chi connectivity index (χ1) is 11.8. The standard InChI is InChI=1S/C21H25NO3/c1-14-10-11-19-17(12-14)18(13-21(3,4)25-19)22-20(23)15(2)24-16-8-6-5-7-9-16/h5-12,15,18H,13H2,1-4H3,(H,22,23)/t15-,18-/m1/s1. The van der Waals surface area contributed by atoms with E-state index in [-0.39, 0.29) is 17.6 Å². The molecule has 4 heteroatoms. The van der Waals surface area contributed by atoms with E-state index >= 15 is 0 Å². The second-order valence-corrected chi connectivity index (χ2v) is 7.24. The van der Waals surface area contributed by atoms with Gasteiger partial charge in [-0.2, -0.15) is 0 Å². The van der Waals surface area contributed by atoms with Gasteiger partial charge in [0.15, 0.2) is 6.10 Å². The molecule has 3 rings (SSSR count). The Balaban J connectivity index is 1.75. The number of rotatable bonds is 4. The van der Waals surface area contributed by atoms with Crippen LogP contribution in [0.5, 0.6) is 11.5 Å². The van der Waals surface area contributed by atoms with E-state index < -0.39 is 6.10 Å². The van der Waals surface area contributed by atoms with E-state index in [1.807, 2.05) is 63.2 Å². The summed E-state index contributed by atoms with van der Waals surface area (Å²) in [5, 5.41) is 3.13. The van der Waals surface area contributed by atoms with Crippen molar-refractivity contribution in [2.75, 3.05) is 0 Å². The average molecular weight is 339 g/mol. The number of fused-ring (bicyclic) bond motifs is 1. The van der Waals surface area contributed by atoms with E-state index in [9.17, 15) is 4.79 Å². The zero-order valence-electron chi connectivity index (χ0n) is 15.2. The number of hydrogen-bond donors (Lipinski definition) is 1. The highest BCUT2D eigenvalue weighted by Crippen LogP contribution is 2.39. The maximum atomic E-state index is 12.6. The third-order valence-electron chi connectivity index (χ3n) is 4.36. The zero-order valence-corrected chi connectivity index (χ0v) is 15.2. The van der Waals surface area contributed by atoms with E-state index in [2.05, 4.69) is 11.4 Å². The minimum atomic E-state index is -0.568. The normalized spacial score (nSPS) is 19.3. The Kier molecular flexibility index (Phi) is 4.71. The van der Waals surface area contributed by atoms with Gasteiger partial charge in [0.25, 0.3) is 5.91 Å². The minimum Gasteiger partial charge on any atom is -0.487 e. The van der Waals surface area contributed by atoms with Gasteiger partial charge in [0.1, 0.15) is 17.1 Å². The Bertz CT molecular complexity index is 755. The van der Waals surface area contributed by atoms with Gasteiger partial charge in [-0.05, 0) is 45.9 Å². The Morgan fingerprint density at radius 2 is 1.96 bits per heavy atom. The van der Waals surface area contributed by atoms with Crippen LogP contribution in [-0.2, 0) is 4.79 Å². The lowest BCUT2D eigenvalue weighted by Crippen LogP contribution is -2.44. The molecule has 0 aromatic heterocycles. The molecule has 2 atom stereocenters. The first kappa shape index (κ1) is 17.3. The maximum absolute atomic E-state index is 12.6. The summed E-state index contributed by atoms with van der Waals surface area (Å²) in [4.78, 5) is 12.6. The van der Waals surface area contributed by atoms with E-state index in [0.29, 0.717) is 12.2 Å². The monoisotopic (exact) mass is 339 g/mol. The minimum absolute atomic E-state index is 0.0898. The van der Waals surface area contributed by atoms with Crippen LogP contribution in [0.4, 0.5) is 0 Å². The van der Waals surface area contributed by atoms with Gasteiger partial charge in [0, 0.05) is 12.0 Å². The topological polar surface area (TPSA) is 47.6 Å². The number of nitrogens with one attached hydrogen (secondary N) is 1. The van der Waals surface area contributed by atoms with Crippen molar-refractivity contribution in [3.8, 4) is 11.5 Å². The third kappa shape index (κ3) is 4.13. The Morgan fingerprint density at radius 3 is 2.68 bits per heavy atom. The van der Waals surface area contributed by atoms with Gasteiger partial charge in [0.2, 0.25) is 0 Å². The predicted molar refractivity (Wildman–Crippen MR) is 97.9 cm³/mol. The van der Waals surface area contributed by atoms with Gasteiger partial charge in [0.05, 0.1) is 6.04 Å². The van der Waals surface area contributed by atoms with Crippen LogP contribution in [0.25, 0.3) is 0 Å². The number of carbonyl (C=O) groups excluding carboxylic acids is 1. The van der Waals surface area contributed by atoms with Crippen molar-refractivity contribution in [1.29, 1.82) is 0 Å². The van der Waals surface area contributed by atoms with Crippen LogP contribution in [0.3, 0.4) is 0 Å². The average Bonchev–Trinajstić information content (AvgIpc) is 2.55. The smallest absolute Gasteiger partial charge is 0.261 e. The Hall–Kier alpha value is -2.49. The van der Waals surface area contributed by atoms with Crippen LogP contribution in [0, 0.1) is 6.92 Å². The Morgan fingerprint density at radius 1 is 1.24 bits per heavy atom. The summed E-state index contributed by atoms with van der Waals surface area (Å²) >= 11 is 0. The lowest BCUT2D eigenvalue weighted by Gasteiger charge is -2.38. The van der Waals surface area contributed by atoms with Gasteiger partial charge in [-0.1, -0.05) is 35.9 Å². The fraction of sp³-hybridized carbons (Fsp3) is 0.381. The molecule has 1 heterocycles. The highest BCUT2D eigenvalue weighted by Gasteiger charge is 2.35. The van der Waals surface area contributed by atoms with Crippen LogP contribution in [0.2, 0.25) is 0 Å². The molecule has 4 nitrogen and oxygen atoms in total. The van der Waals surface area contributed by atoms with Crippen LogP contribution in [0.15, 0.2) is 48.5 Å². The molecule has 0 spiro atoms. The van der Waals surface area contributed by atoms with Crippen LogP contribution in [-0.4, -0.2) is 17.6 Å². The van der Waals surface area contributed by atoms with Gasteiger partial charge >= 0.3 is 0 Å². The van der Waals surface area contributed by atoms with Crippen molar-refractivity contribution in [2.24, 2.45) is 0 Å². The molecule has 0 radical (unpaired) electrons. The van der Waals surface area contributed by atoms with Crippen molar-refractivity contribution >= 4 is 5.91 Å². The summed E-state index contributed by atoms with van der Waals surface area (Å²) in [6.07, 6.45) is 0.148. The van der Waals surface area contributed by atoms with Gasteiger partial charge in [-0.15, -0.1) is 0 Å². The maximum Gasteiger partial charge on any atom is 0.261 e. The fourth-order valence-corrected chi connectivity index (χ4v) is 3.15. The molecule has 0 saturated carbocycles. The van der Waals surface area contributed by atoms with Crippen LogP contribution >= 0.6 is 0 Å². The van der Waals surface area contributed by atoms with Crippen molar-refractivity contribution < 1.29 is 14.3 Å². The number of carbonyl (C=O) groups is 1. The number of ether oxygens (including phenoxy) is 2. The molecular formula is C21H25NO3. The first-order valence-corrected chi connectivity index (χ1v) is 8.66. The number of hydrogen-bond acceptors (Lipinski definition) is 3. The Labute approximate surface area is 149 Å². The predicted octanol–water partition coefficient (Wildman–Crippen LogP) is 4.18. The number of aryl methyl sites for hydroxylation is 1. The molecule has 1 amide bonds. The quantitative estimate of drug-likeness (QED) is 0.909. The van der Waals surface area contributed by atoms with E-state index in [1.165, 1.54) is 0 Å². The highest BCUT2D eigenvalue weighted by atomic mass is 16.5. The second kappa shape index (κ2) is 6.79. The molecule has 1 aliphatic rings. The number of amides is 1. The molecular weight excluding hydrogens is 314 g/mol. The van der Waals surface area contributed by atoms with Crippen molar-refractivity contribution in [3.05, 3.63) is 59.7 Å².